The number of carbonyl (C=O) groups is 2. The first-order valence-electron chi connectivity index (χ1n) is 5.60. The molecule has 0 aromatic carbocycles. The fourth-order valence-electron chi connectivity index (χ4n) is 2.00. The minimum Gasteiger partial charge on any atom is -0.368 e. The number of hydrogen-bond donors (Lipinski definition) is 3. The molecular formula is C10H11N7O2. The molecule has 1 fully saturated rings. The van der Waals surface area contributed by atoms with E-state index in [1.807, 2.05) is 0 Å². The van der Waals surface area contributed by atoms with Crippen LogP contribution in [0.25, 0.3) is 11.0 Å². The highest BCUT2D eigenvalue weighted by Crippen LogP contribution is 2.22. The lowest BCUT2D eigenvalue weighted by Crippen LogP contribution is -2.32. The van der Waals surface area contributed by atoms with Crippen LogP contribution in [0.4, 0.5) is 11.8 Å². The normalized spacial score (nSPS) is 19.4. The number of rotatable bonds is 2. The van der Waals surface area contributed by atoms with Crippen LogP contribution in [0.5, 0.6) is 0 Å². The van der Waals surface area contributed by atoms with E-state index in [0.717, 1.165) is 4.90 Å². The van der Waals surface area contributed by atoms with Crippen molar-refractivity contribution < 1.29 is 9.59 Å². The van der Waals surface area contributed by atoms with Gasteiger partial charge in [0.05, 0.1) is 18.0 Å². The third kappa shape index (κ3) is 1.75. The van der Waals surface area contributed by atoms with Crippen molar-refractivity contribution in [3.05, 3.63) is 6.20 Å². The summed E-state index contributed by atoms with van der Waals surface area (Å²) in [4.78, 5) is 32.4. The average Bonchev–Trinajstić information content (AvgIpc) is 2.91. The zero-order chi connectivity index (χ0) is 13.6. The van der Waals surface area contributed by atoms with Crippen LogP contribution in [0.1, 0.15) is 6.42 Å². The quantitative estimate of drug-likeness (QED) is 0.597. The maximum absolute atomic E-state index is 11.8. The number of anilines is 2. The Hall–Kier alpha value is -2.71. The van der Waals surface area contributed by atoms with E-state index in [-0.39, 0.29) is 24.2 Å². The second-order valence-corrected chi connectivity index (χ2v) is 4.25. The van der Waals surface area contributed by atoms with Gasteiger partial charge in [-0.2, -0.15) is 15.1 Å². The molecule has 19 heavy (non-hydrogen) atoms. The van der Waals surface area contributed by atoms with Crippen molar-refractivity contribution in [3.63, 3.8) is 0 Å². The number of nitrogens with zero attached hydrogens (tertiary/aromatic N) is 4. The number of fused-ring (bicyclic) bond motifs is 1. The summed E-state index contributed by atoms with van der Waals surface area (Å²) in [7, 11) is 1.45. The molecule has 1 atom stereocenters. The minimum atomic E-state index is -0.634. The molecule has 1 unspecified atom stereocenters. The largest absolute Gasteiger partial charge is 0.368 e. The summed E-state index contributed by atoms with van der Waals surface area (Å²) < 4.78 is 0. The van der Waals surface area contributed by atoms with Gasteiger partial charge in [-0.1, -0.05) is 0 Å². The molecule has 3 heterocycles. The number of hydrogen-bond acceptors (Lipinski definition) is 7. The molecular weight excluding hydrogens is 250 g/mol. The van der Waals surface area contributed by atoms with Crippen molar-refractivity contribution in [3.8, 4) is 0 Å². The molecule has 2 aromatic rings. The fraction of sp³-hybridized carbons (Fsp3) is 0.300. The molecule has 1 aliphatic rings. The van der Waals surface area contributed by atoms with Crippen LogP contribution in [-0.2, 0) is 9.59 Å². The molecule has 0 aliphatic carbocycles. The predicted octanol–water partition coefficient (Wildman–Crippen LogP) is -0.896. The second kappa shape index (κ2) is 3.90. The average molecular weight is 261 g/mol. The summed E-state index contributed by atoms with van der Waals surface area (Å²) >= 11 is 0. The van der Waals surface area contributed by atoms with Gasteiger partial charge in [0.1, 0.15) is 11.9 Å². The molecule has 3 rings (SSSR count). The first-order chi connectivity index (χ1) is 9.06. The van der Waals surface area contributed by atoms with Crippen LogP contribution in [0, 0.1) is 0 Å². The molecule has 0 spiro atoms. The maximum Gasteiger partial charge on any atom is 0.251 e. The van der Waals surface area contributed by atoms with E-state index in [9.17, 15) is 9.59 Å². The van der Waals surface area contributed by atoms with Crippen LogP contribution >= 0.6 is 0 Å². The molecule has 9 nitrogen and oxygen atoms in total. The van der Waals surface area contributed by atoms with Crippen LogP contribution < -0.4 is 11.1 Å². The van der Waals surface area contributed by atoms with Crippen LogP contribution in [0.2, 0.25) is 0 Å². The Kier molecular flexibility index (Phi) is 2.34. The van der Waals surface area contributed by atoms with Crippen molar-refractivity contribution in [2.75, 3.05) is 18.1 Å². The zero-order valence-electron chi connectivity index (χ0n) is 10.0. The molecule has 2 aromatic heterocycles. The molecule has 1 saturated heterocycles. The van der Waals surface area contributed by atoms with Crippen molar-refractivity contribution in [2.45, 2.75) is 12.5 Å². The van der Waals surface area contributed by atoms with E-state index in [4.69, 9.17) is 5.73 Å². The summed E-state index contributed by atoms with van der Waals surface area (Å²) in [5.74, 6) is -0.0751. The van der Waals surface area contributed by atoms with E-state index in [1.165, 1.54) is 13.2 Å². The summed E-state index contributed by atoms with van der Waals surface area (Å²) in [6.07, 6.45) is 1.63. The number of aromatic amines is 1. The van der Waals surface area contributed by atoms with E-state index in [1.54, 1.807) is 0 Å². The van der Waals surface area contributed by atoms with Crippen LogP contribution in [0.3, 0.4) is 0 Å². The maximum atomic E-state index is 11.8. The number of nitrogens with two attached hydrogens (primary N) is 1. The van der Waals surface area contributed by atoms with Gasteiger partial charge in [0.15, 0.2) is 5.65 Å². The van der Waals surface area contributed by atoms with E-state index < -0.39 is 6.04 Å². The summed E-state index contributed by atoms with van der Waals surface area (Å²) in [6, 6.07) is -0.634. The highest BCUT2D eigenvalue weighted by atomic mass is 16.2. The van der Waals surface area contributed by atoms with Gasteiger partial charge in [0.25, 0.3) is 5.91 Å². The standard InChI is InChI=1S/C10H11N7O2/c1-17-6(18)2-5(9(17)19)13-7-4-3-12-16-8(4)15-10(11)14-7/h3,5H,2H2,1H3,(H4,11,12,13,14,15,16). The molecule has 9 heteroatoms. The third-order valence-corrected chi connectivity index (χ3v) is 3.02. The second-order valence-electron chi connectivity index (χ2n) is 4.25. The summed E-state index contributed by atoms with van der Waals surface area (Å²) in [5.41, 5.74) is 6.05. The Balaban J connectivity index is 1.96. The molecule has 0 radical (unpaired) electrons. The first kappa shape index (κ1) is 11.4. The van der Waals surface area contributed by atoms with Crippen molar-refractivity contribution >= 4 is 34.6 Å². The number of amides is 2. The number of likely N-dealkylation sites (tertiary alicyclic amines) is 1. The van der Waals surface area contributed by atoms with Crippen LogP contribution in [-0.4, -0.2) is 50.0 Å². The van der Waals surface area contributed by atoms with Gasteiger partial charge in [-0.15, -0.1) is 0 Å². The first-order valence-corrected chi connectivity index (χ1v) is 5.60. The monoisotopic (exact) mass is 261 g/mol. The molecule has 0 saturated carbocycles. The Bertz CT molecular complexity index is 680. The number of nitrogens with one attached hydrogen (secondary N) is 2. The number of likely N-dealkylation sites (N-methyl/N-ethyl adjacent to an activating group) is 1. The molecule has 98 valence electrons. The molecule has 4 N–H and O–H groups in total. The Morgan fingerprint density at radius 1 is 1.47 bits per heavy atom. The van der Waals surface area contributed by atoms with Gasteiger partial charge in [0, 0.05) is 7.05 Å². The summed E-state index contributed by atoms with van der Waals surface area (Å²) in [5, 5.41) is 10.0. The lowest BCUT2D eigenvalue weighted by atomic mass is 10.2. The van der Waals surface area contributed by atoms with Crippen LogP contribution in [0.15, 0.2) is 6.20 Å². The SMILES string of the molecule is CN1C(=O)CC(Nc2nc(N)nc3[nH]ncc23)C1=O. The van der Waals surface area contributed by atoms with Gasteiger partial charge in [-0.3, -0.25) is 19.6 Å². The third-order valence-electron chi connectivity index (χ3n) is 3.02. The number of carbonyl (C=O) groups excluding carboxylic acids is 2. The van der Waals surface area contributed by atoms with Crippen molar-refractivity contribution in [1.29, 1.82) is 0 Å². The Labute approximate surface area is 107 Å². The zero-order valence-corrected chi connectivity index (χ0v) is 10.0. The van der Waals surface area contributed by atoms with Gasteiger partial charge in [0.2, 0.25) is 11.9 Å². The van der Waals surface area contributed by atoms with E-state index >= 15 is 0 Å². The molecule has 1 aliphatic heterocycles. The number of imide groups is 1. The number of nitrogen functional groups attached to an aromatic ring is 1. The number of aromatic nitrogens is 4. The van der Waals surface area contributed by atoms with Crippen molar-refractivity contribution in [1.82, 2.24) is 25.1 Å². The Morgan fingerprint density at radius 2 is 2.26 bits per heavy atom. The molecule has 2 amide bonds. The molecule has 0 bridgehead atoms. The van der Waals surface area contributed by atoms with Gasteiger partial charge in [-0.25, -0.2) is 0 Å². The van der Waals surface area contributed by atoms with E-state index in [2.05, 4.69) is 25.5 Å². The Morgan fingerprint density at radius 3 is 2.95 bits per heavy atom. The summed E-state index contributed by atoms with van der Waals surface area (Å²) in [6.45, 7) is 0. The highest BCUT2D eigenvalue weighted by Gasteiger charge is 2.36. The van der Waals surface area contributed by atoms with Gasteiger partial charge in [-0.05, 0) is 0 Å². The predicted molar refractivity (Wildman–Crippen MR) is 65.9 cm³/mol. The van der Waals surface area contributed by atoms with Gasteiger partial charge >= 0.3 is 0 Å². The topological polar surface area (TPSA) is 130 Å². The lowest BCUT2D eigenvalue weighted by molar-refractivity contribution is -0.136. The number of H-pyrrole nitrogens is 1. The highest BCUT2D eigenvalue weighted by molar-refractivity contribution is 6.07. The van der Waals surface area contributed by atoms with Gasteiger partial charge < -0.3 is 11.1 Å². The minimum absolute atomic E-state index is 0.0596. The van der Waals surface area contributed by atoms with E-state index in [0.29, 0.717) is 16.9 Å². The smallest absolute Gasteiger partial charge is 0.251 e. The lowest BCUT2D eigenvalue weighted by Gasteiger charge is -2.12. The fourth-order valence-corrected chi connectivity index (χ4v) is 2.00. The van der Waals surface area contributed by atoms with Crippen molar-refractivity contribution in [2.24, 2.45) is 0 Å².